The smallest absolute Gasteiger partial charge is 0.319 e. The van der Waals surface area contributed by atoms with Crippen molar-refractivity contribution in [3.05, 3.63) is 60.2 Å². The Hall–Kier alpha value is -3.33. The monoisotopic (exact) mass is 306 g/mol. The zero-order valence-corrected chi connectivity index (χ0v) is 12.2. The highest BCUT2D eigenvalue weighted by molar-refractivity contribution is 6.06. The molecule has 1 heterocycles. The van der Waals surface area contributed by atoms with Crippen LogP contribution >= 0.6 is 0 Å². The van der Waals surface area contributed by atoms with Gasteiger partial charge in [-0.25, -0.2) is 4.79 Å². The lowest BCUT2D eigenvalue weighted by Gasteiger charge is -2.38. The number of carbonyl (C=O) groups excluding carboxylic acids is 2. The Morgan fingerprint density at radius 3 is 2.43 bits per heavy atom. The highest BCUT2D eigenvalue weighted by Gasteiger charge is 2.38. The third-order valence-electron chi connectivity index (χ3n) is 3.57. The van der Waals surface area contributed by atoms with E-state index in [1.807, 2.05) is 36.4 Å². The van der Waals surface area contributed by atoms with E-state index in [0.717, 1.165) is 5.69 Å². The molecule has 1 fully saturated rings. The first-order valence-corrected chi connectivity index (χ1v) is 7.11. The molecule has 2 aromatic rings. The minimum Gasteiger partial charge on any atom is -0.324 e. The quantitative estimate of drug-likeness (QED) is 0.852. The normalized spacial score (nSPS) is 16.2. The topological polar surface area (TPSA) is 85.2 Å². The zero-order chi connectivity index (χ0) is 16.2. The average Bonchev–Trinajstić information content (AvgIpc) is 2.59. The fraction of sp³-hybridized carbons (Fsp3) is 0.118. The first-order valence-electron chi connectivity index (χ1n) is 7.11. The van der Waals surface area contributed by atoms with Crippen molar-refractivity contribution < 1.29 is 9.59 Å². The number of nitrogens with one attached hydrogen (secondary N) is 2. The second kappa shape index (κ2) is 6.20. The molecular formula is C17H14N4O2. The fourth-order valence-corrected chi connectivity index (χ4v) is 2.33. The van der Waals surface area contributed by atoms with Gasteiger partial charge >= 0.3 is 6.03 Å². The molecule has 1 aliphatic heterocycles. The van der Waals surface area contributed by atoms with Gasteiger partial charge in [0.25, 0.3) is 5.91 Å². The van der Waals surface area contributed by atoms with Crippen LogP contribution in [-0.2, 0) is 4.79 Å². The number of hydrogen-bond donors (Lipinski definition) is 2. The molecule has 2 N–H and O–H groups in total. The molecule has 0 bridgehead atoms. The van der Waals surface area contributed by atoms with E-state index in [9.17, 15) is 9.59 Å². The number of nitriles is 1. The molecule has 2 aromatic carbocycles. The summed E-state index contributed by atoms with van der Waals surface area (Å²) < 4.78 is 0. The van der Waals surface area contributed by atoms with Crippen molar-refractivity contribution in [1.82, 2.24) is 5.32 Å². The van der Waals surface area contributed by atoms with E-state index in [4.69, 9.17) is 5.26 Å². The van der Waals surface area contributed by atoms with Gasteiger partial charge in [-0.05, 0) is 36.4 Å². The largest absolute Gasteiger partial charge is 0.324 e. The Labute approximate surface area is 133 Å². The highest BCUT2D eigenvalue weighted by atomic mass is 16.2. The van der Waals surface area contributed by atoms with Gasteiger partial charge in [0.05, 0.1) is 18.2 Å². The van der Waals surface area contributed by atoms with Crippen molar-refractivity contribution in [3.63, 3.8) is 0 Å². The third-order valence-corrected chi connectivity index (χ3v) is 3.57. The number of carbonyl (C=O) groups is 2. The lowest BCUT2D eigenvalue weighted by atomic mass is 10.1. The van der Waals surface area contributed by atoms with E-state index >= 15 is 0 Å². The van der Waals surface area contributed by atoms with E-state index in [1.165, 1.54) is 0 Å². The minimum atomic E-state index is -0.520. The van der Waals surface area contributed by atoms with Crippen molar-refractivity contribution in [3.8, 4) is 6.07 Å². The van der Waals surface area contributed by atoms with Gasteiger partial charge in [0.1, 0.15) is 6.04 Å². The molecule has 0 spiro atoms. The van der Waals surface area contributed by atoms with Crippen LogP contribution in [0.3, 0.4) is 0 Å². The average molecular weight is 306 g/mol. The Morgan fingerprint density at radius 2 is 1.83 bits per heavy atom. The molecule has 0 aliphatic carbocycles. The lowest BCUT2D eigenvalue weighted by molar-refractivity contribution is -0.124. The highest BCUT2D eigenvalue weighted by Crippen LogP contribution is 2.21. The van der Waals surface area contributed by atoms with Crippen molar-refractivity contribution in [2.45, 2.75) is 6.04 Å². The summed E-state index contributed by atoms with van der Waals surface area (Å²) in [4.78, 5) is 25.6. The maximum absolute atomic E-state index is 12.1. The van der Waals surface area contributed by atoms with Crippen LogP contribution in [0.25, 0.3) is 0 Å². The van der Waals surface area contributed by atoms with Gasteiger partial charge in [0.2, 0.25) is 0 Å². The summed E-state index contributed by atoms with van der Waals surface area (Å²) in [6, 6.07) is 16.9. The SMILES string of the molecule is N#Cc1ccc(NC(=O)NC2CN(c3ccccc3)C2=O)cc1. The van der Waals surface area contributed by atoms with Crippen molar-refractivity contribution in [1.29, 1.82) is 5.26 Å². The first-order chi connectivity index (χ1) is 11.2. The predicted octanol–water partition coefficient (Wildman–Crippen LogP) is 2.10. The van der Waals surface area contributed by atoms with E-state index in [2.05, 4.69) is 10.6 Å². The number of nitrogens with zero attached hydrogens (tertiary/aromatic N) is 2. The number of benzene rings is 2. The molecule has 0 saturated carbocycles. The summed E-state index contributed by atoms with van der Waals surface area (Å²) >= 11 is 0. The maximum atomic E-state index is 12.1. The molecule has 1 unspecified atom stereocenters. The number of hydrogen-bond acceptors (Lipinski definition) is 3. The summed E-state index contributed by atoms with van der Waals surface area (Å²) in [5.74, 6) is -0.133. The molecular weight excluding hydrogens is 292 g/mol. The minimum absolute atomic E-state index is 0.133. The number of amides is 3. The van der Waals surface area contributed by atoms with Crippen molar-refractivity contribution >= 4 is 23.3 Å². The summed E-state index contributed by atoms with van der Waals surface area (Å²) in [5.41, 5.74) is 1.90. The number of anilines is 2. The molecule has 3 rings (SSSR count). The standard InChI is InChI=1S/C17H14N4O2/c18-10-12-6-8-13(9-7-12)19-17(23)20-15-11-21(16(15)22)14-4-2-1-3-5-14/h1-9,15H,11H2,(H2,19,20,23). The van der Waals surface area contributed by atoms with E-state index in [1.54, 1.807) is 29.2 Å². The molecule has 114 valence electrons. The van der Waals surface area contributed by atoms with Crippen LogP contribution in [0.5, 0.6) is 0 Å². The molecule has 1 saturated heterocycles. The van der Waals surface area contributed by atoms with Crippen LogP contribution in [-0.4, -0.2) is 24.5 Å². The molecule has 1 aliphatic rings. The Balaban J connectivity index is 1.53. The van der Waals surface area contributed by atoms with Gasteiger partial charge in [-0.1, -0.05) is 18.2 Å². The van der Waals surface area contributed by atoms with Crippen LogP contribution in [0.15, 0.2) is 54.6 Å². The lowest BCUT2D eigenvalue weighted by Crippen LogP contribution is -2.64. The Kier molecular flexibility index (Phi) is 3.93. The van der Waals surface area contributed by atoms with Gasteiger partial charge in [-0.3, -0.25) is 4.79 Å². The second-order valence-electron chi connectivity index (χ2n) is 5.12. The van der Waals surface area contributed by atoms with Gasteiger partial charge < -0.3 is 15.5 Å². The van der Waals surface area contributed by atoms with Gasteiger partial charge in [-0.2, -0.15) is 5.26 Å². The van der Waals surface area contributed by atoms with Crippen molar-refractivity contribution in [2.75, 3.05) is 16.8 Å². The zero-order valence-electron chi connectivity index (χ0n) is 12.2. The third kappa shape index (κ3) is 3.14. The Morgan fingerprint density at radius 1 is 1.13 bits per heavy atom. The van der Waals surface area contributed by atoms with Crippen LogP contribution in [0.1, 0.15) is 5.56 Å². The summed E-state index contributed by atoms with van der Waals surface area (Å²) in [6.07, 6.45) is 0. The summed E-state index contributed by atoms with van der Waals surface area (Å²) in [5, 5.41) is 14.0. The van der Waals surface area contributed by atoms with Gasteiger partial charge in [-0.15, -0.1) is 0 Å². The number of rotatable bonds is 3. The molecule has 0 radical (unpaired) electrons. The van der Waals surface area contributed by atoms with Crippen molar-refractivity contribution in [2.24, 2.45) is 0 Å². The fourth-order valence-electron chi connectivity index (χ4n) is 2.33. The Bertz CT molecular complexity index is 765. The van der Waals surface area contributed by atoms with Crippen LogP contribution < -0.4 is 15.5 Å². The van der Waals surface area contributed by atoms with Crippen LogP contribution in [0.4, 0.5) is 16.2 Å². The van der Waals surface area contributed by atoms with Crippen LogP contribution in [0.2, 0.25) is 0 Å². The molecule has 0 aromatic heterocycles. The predicted molar refractivity (Wildman–Crippen MR) is 85.9 cm³/mol. The number of β-lactam (4-membered cyclic amide) rings is 1. The second-order valence-corrected chi connectivity index (χ2v) is 5.12. The van der Waals surface area contributed by atoms with E-state index < -0.39 is 12.1 Å². The van der Waals surface area contributed by atoms with Gasteiger partial charge in [0, 0.05) is 11.4 Å². The van der Waals surface area contributed by atoms with Gasteiger partial charge in [0.15, 0.2) is 0 Å². The summed E-state index contributed by atoms with van der Waals surface area (Å²) in [7, 11) is 0. The maximum Gasteiger partial charge on any atom is 0.319 e. The number of urea groups is 1. The first kappa shape index (κ1) is 14.6. The summed E-state index contributed by atoms with van der Waals surface area (Å²) in [6.45, 7) is 0.448. The van der Waals surface area contributed by atoms with E-state index in [-0.39, 0.29) is 5.91 Å². The molecule has 6 nitrogen and oxygen atoms in total. The molecule has 3 amide bonds. The molecule has 1 atom stereocenters. The molecule has 6 heteroatoms. The van der Waals surface area contributed by atoms with E-state index in [0.29, 0.717) is 17.8 Å². The molecule has 23 heavy (non-hydrogen) atoms. The number of para-hydroxylation sites is 1. The van der Waals surface area contributed by atoms with Crippen LogP contribution in [0, 0.1) is 11.3 Å².